The Morgan fingerprint density at radius 1 is 1.31 bits per heavy atom. The van der Waals surface area contributed by atoms with Crippen molar-refractivity contribution in [1.29, 1.82) is 0 Å². The summed E-state index contributed by atoms with van der Waals surface area (Å²) in [5, 5.41) is 0. The molecule has 0 radical (unpaired) electrons. The molecule has 9 heteroatoms. The zero-order valence-corrected chi connectivity index (χ0v) is 19.0. The van der Waals surface area contributed by atoms with Crippen molar-refractivity contribution in [3.63, 3.8) is 0 Å². The lowest BCUT2D eigenvalue weighted by atomic mass is 9.84. The maximum atomic E-state index is 12.4. The molecule has 168 valence electrons. The number of aliphatic imine (C=N–C) groups is 1. The lowest BCUT2D eigenvalue weighted by molar-refractivity contribution is -0.155. The number of hydroxylamine groups is 1. The van der Waals surface area contributed by atoms with Crippen LogP contribution in [-0.2, 0) is 24.4 Å². The van der Waals surface area contributed by atoms with Gasteiger partial charge in [0.1, 0.15) is 11.8 Å². The number of ether oxygens (including phenoxy) is 1. The van der Waals surface area contributed by atoms with Gasteiger partial charge in [-0.25, -0.2) is 18.1 Å². The van der Waals surface area contributed by atoms with E-state index in [0.29, 0.717) is 5.90 Å². The number of nitrogens with one attached hydrogen (secondary N) is 2. The van der Waals surface area contributed by atoms with Gasteiger partial charge in [0.15, 0.2) is 0 Å². The summed E-state index contributed by atoms with van der Waals surface area (Å²) in [6, 6.07) is 0. The van der Waals surface area contributed by atoms with E-state index < -0.39 is 21.8 Å². The van der Waals surface area contributed by atoms with E-state index in [1.807, 2.05) is 20.8 Å². The Balaban J connectivity index is 1.94. The van der Waals surface area contributed by atoms with Crippen LogP contribution >= 0.6 is 0 Å². The summed E-state index contributed by atoms with van der Waals surface area (Å²) >= 11 is 0. The maximum Gasteiger partial charge on any atom is 0.307 e. The van der Waals surface area contributed by atoms with Crippen LogP contribution in [0.25, 0.3) is 0 Å². The molecule has 1 heterocycles. The first-order chi connectivity index (χ1) is 13.5. The summed E-state index contributed by atoms with van der Waals surface area (Å²) in [5.74, 6) is 0.787. The summed E-state index contributed by atoms with van der Waals surface area (Å²) in [6.45, 7) is 5.65. The van der Waals surface area contributed by atoms with E-state index in [1.165, 1.54) is 32.1 Å². The van der Waals surface area contributed by atoms with Crippen LogP contribution < -0.4 is 10.2 Å². The molecule has 2 rings (SSSR count). The molecule has 0 spiro atoms. The van der Waals surface area contributed by atoms with Crippen molar-refractivity contribution < 1.29 is 22.8 Å². The molecule has 0 bridgehead atoms. The number of hydrogen-bond donors (Lipinski definition) is 2. The van der Waals surface area contributed by atoms with E-state index in [1.54, 1.807) is 0 Å². The van der Waals surface area contributed by atoms with Gasteiger partial charge in [0.25, 0.3) is 0 Å². The molecule has 1 aliphatic carbocycles. The Kier molecular flexibility index (Phi) is 8.91. The lowest BCUT2D eigenvalue weighted by Crippen LogP contribution is -2.36. The van der Waals surface area contributed by atoms with Gasteiger partial charge in [-0.15, -0.1) is 5.48 Å². The first-order valence-electron chi connectivity index (χ1n) is 10.7. The fraction of sp³-hybridized carbons (Fsp3) is 0.900. The summed E-state index contributed by atoms with van der Waals surface area (Å²) in [4.78, 5) is 22.4. The summed E-state index contributed by atoms with van der Waals surface area (Å²) in [7, 11) is -3.30. The quantitative estimate of drug-likeness (QED) is 0.515. The van der Waals surface area contributed by atoms with Crippen LogP contribution in [0.3, 0.4) is 0 Å². The van der Waals surface area contributed by atoms with Gasteiger partial charge < -0.3 is 9.57 Å². The first-order valence-corrected chi connectivity index (χ1v) is 12.6. The van der Waals surface area contributed by atoms with Crippen molar-refractivity contribution in [3.05, 3.63) is 0 Å². The molecule has 1 saturated carbocycles. The molecule has 0 saturated heterocycles. The highest BCUT2D eigenvalue weighted by Gasteiger charge is 2.30. The summed E-state index contributed by atoms with van der Waals surface area (Å²) < 4.78 is 30.5. The van der Waals surface area contributed by atoms with Crippen LogP contribution in [0.1, 0.15) is 78.6 Å². The molecule has 0 amide bonds. The molecular formula is C20H37N3O5S. The Labute approximate surface area is 175 Å². The number of carbonyl (C=O) groups is 1. The van der Waals surface area contributed by atoms with Gasteiger partial charge in [0, 0.05) is 12.5 Å². The normalized spacial score (nSPS) is 22.1. The van der Waals surface area contributed by atoms with Crippen molar-refractivity contribution in [2.45, 2.75) is 90.3 Å². The van der Waals surface area contributed by atoms with Crippen LogP contribution in [0.15, 0.2) is 4.99 Å². The number of sulfonamides is 1. The standard InChI is InChI=1S/C20H37N3O5S/c1-20(2,3)27-18(24)13-16(12-8-11-15-9-6-5-7-10-15)19-22-17(23-28-19)14-21-29(4,25)26/h15-17,21,23H,5-14H2,1-4H3/t16-,17?/m1/s1. The molecule has 1 unspecified atom stereocenters. The average molecular weight is 432 g/mol. The molecule has 8 nitrogen and oxygen atoms in total. The van der Waals surface area contributed by atoms with E-state index in [9.17, 15) is 13.2 Å². The Hall–Kier alpha value is -1.19. The highest BCUT2D eigenvalue weighted by Crippen LogP contribution is 2.29. The number of esters is 1. The molecule has 0 aromatic rings. The lowest BCUT2D eigenvalue weighted by Gasteiger charge is -2.23. The second-order valence-corrected chi connectivity index (χ2v) is 11.1. The Morgan fingerprint density at radius 2 is 2.00 bits per heavy atom. The SMILES string of the molecule is CC(C)(C)OC(=O)C[C@@H](CCCC1CCCCC1)C1=NC(CNS(C)(=O)=O)NO1. The number of nitrogens with zero attached hydrogens (tertiary/aromatic N) is 1. The van der Waals surface area contributed by atoms with Crippen LogP contribution in [0.4, 0.5) is 0 Å². The van der Waals surface area contributed by atoms with Crippen LogP contribution in [-0.4, -0.2) is 44.9 Å². The molecule has 1 fully saturated rings. The third-order valence-corrected chi connectivity index (χ3v) is 5.88. The number of rotatable bonds is 10. The second-order valence-electron chi connectivity index (χ2n) is 9.25. The largest absolute Gasteiger partial charge is 0.460 e. The number of hydrogen-bond acceptors (Lipinski definition) is 7. The van der Waals surface area contributed by atoms with Crippen molar-refractivity contribution in [3.8, 4) is 0 Å². The van der Waals surface area contributed by atoms with Crippen LogP contribution in [0, 0.1) is 11.8 Å². The smallest absolute Gasteiger partial charge is 0.307 e. The van der Waals surface area contributed by atoms with E-state index >= 15 is 0 Å². The molecule has 0 aromatic heterocycles. The third-order valence-electron chi connectivity index (χ3n) is 5.19. The van der Waals surface area contributed by atoms with Crippen molar-refractivity contribution >= 4 is 21.9 Å². The Bertz CT molecular complexity index is 666. The molecule has 2 atom stereocenters. The van der Waals surface area contributed by atoms with Gasteiger partial charge >= 0.3 is 5.97 Å². The minimum atomic E-state index is -3.30. The predicted octanol–water partition coefficient (Wildman–Crippen LogP) is 2.89. The summed E-state index contributed by atoms with van der Waals surface area (Å²) in [6.07, 6.45) is 10.3. The highest BCUT2D eigenvalue weighted by molar-refractivity contribution is 7.88. The third kappa shape index (κ3) is 9.91. The van der Waals surface area contributed by atoms with Crippen LogP contribution in [0.5, 0.6) is 0 Å². The minimum absolute atomic E-state index is 0.101. The second kappa shape index (κ2) is 10.7. The highest BCUT2D eigenvalue weighted by atomic mass is 32.2. The molecule has 0 aromatic carbocycles. The average Bonchev–Trinajstić information content (AvgIpc) is 3.07. The van der Waals surface area contributed by atoms with E-state index in [4.69, 9.17) is 9.57 Å². The van der Waals surface area contributed by atoms with Gasteiger partial charge in [-0.1, -0.05) is 44.9 Å². The van der Waals surface area contributed by atoms with Gasteiger partial charge in [-0.3, -0.25) is 4.79 Å². The van der Waals surface area contributed by atoms with Crippen molar-refractivity contribution in [2.75, 3.05) is 12.8 Å². The fourth-order valence-corrected chi connectivity index (χ4v) is 4.33. The van der Waals surface area contributed by atoms with Gasteiger partial charge in [0.2, 0.25) is 15.9 Å². The van der Waals surface area contributed by atoms with Crippen molar-refractivity contribution in [1.82, 2.24) is 10.2 Å². The molecule has 1 aliphatic heterocycles. The van der Waals surface area contributed by atoms with Gasteiger partial charge in [-0.2, -0.15) is 0 Å². The fourth-order valence-electron chi connectivity index (χ4n) is 3.87. The molecule has 29 heavy (non-hydrogen) atoms. The maximum absolute atomic E-state index is 12.4. The van der Waals surface area contributed by atoms with E-state index in [-0.39, 0.29) is 24.9 Å². The van der Waals surface area contributed by atoms with Crippen LogP contribution in [0.2, 0.25) is 0 Å². The molecule has 2 N–H and O–H groups in total. The Morgan fingerprint density at radius 3 is 2.62 bits per heavy atom. The minimum Gasteiger partial charge on any atom is -0.460 e. The van der Waals surface area contributed by atoms with E-state index in [2.05, 4.69) is 15.2 Å². The number of carbonyl (C=O) groups excluding carboxylic acids is 1. The van der Waals surface area contributed by atoms with Crippen molar-refractivity contribution in [2.24, 2.45) is 16.8 Å². The predicted molar refractivity (Wildman–Crippen MR) is 113 cm³/mol. The zero-order chi connectivity index (χ0) is 21.5. The summed E-state index contributed by atoms with van der Waals surface area (Å²) in [5.41, 5.74) is 2.20. The van der Waals surface area contributed by atoms with Gasteiger partial charge in [0.05, 0.1) is 12.7 Å². The topological polar surface area (TPSA) is 106 Å². The molecule has 2 aliphatic rings. The molecular weight excluding hydrogens is 394 g/mol. The monoisotopic (exact) mass is 431 g/mol. The van der Waals surface area contributed by atoms with E-state index in [0.717, 1.165) is 31.4 Å². The zero-order valence-electron chi connectivity index (χ0n) is 18.2. The van der Waals surface area contributed by atoms with Gasteiger partial charge in [-0.05, 0) is 33.1 Å². The first kappa shape index (κ1) is 24.1.